The van der Waals surface area contributed by atoms with Crippen molar-refractivity contribution in [1.29, 1.82) is 0 Å². The highest BCUT2D eigenvalue weighted by Gasteiger charge is 2.43. The van der Waals surface area contributed by atoms with Gasteiger partial charge in [-0.05, 0) is 36.6 Å². The Morgan fingerprint density at radius 3 is 2.23 bits per heavy atom. The number of hydrogen-bond donors (Lipinski definition) is 0. The molecule has 8 nitrogen and oxygen atoms in total. The van der Waals surface area contributed by atoms with Crippen molar-refractivity contribution in [3.8, 4) is 0 Å². The third-order valence-electron chi connectivity index (χ3n) is 4.58. The van der Waals surface area contributed by atoms with E-state index < -0.39 is 55.7 Å². The van der Waals surface area contributed by atoms with Gasteiger partial charge in [0.15, 0.2) is 21.6 Å². The number of sulfone groups is 1. The zero-order valence-corrected chi connectivity index (χ0v) is 17.4. The predicted octanol–water partition coefficient (Wildman–Crippen LogP) is 2.10. The molecular weight excluding hydrogens is 417 g/mol. The Labute approximate surface area is 172 Å². The predicted molar refractivity (Wildman–Crippen MR) is 102 cm³/mol. The van der Waals surface area contributed by atoms with Crippen LogP contribution in [0.25, 0.3) is 0 Å². The number of aryl methyl sites for hydroxylation is 1. The molecule has 160 valence electrons. The number of nitrogens with zero attached hydrogens (tertiary/aromatic N) is 1. The summed E-state index contributed by atoms with van der Waals surface area (Å²) in [6.07, 6.45) is 3.40. The minimum absolute atomic E-state index is 0.0458. The number of cyclic esters (lactones) is 2. The molecule has 0 saturated carbocycles. The van der Waals surface area contributed by atoms with Crippen LogP contribution in [-0.4, -0.2) is 42.9 Å². The van der Waals surface area contributed by atoms with Gasteiger partial charge in [-0.3, -0.25) is 19.0 Å². The van der Waals surface area contributed by atoms with E-state index in [2.05, 4.69) is 0 Å². The SMILES string of the molecule is CC1(C)OC(=O)C(CCc2ccc(C(=O)n3cccc3)c(F)c2S(C)(=O)=O)C(=O)O1. The molecule has 1 aliphatic rings. The van der Waals surface area contributed by atoms with Crippen LogP contribution in [0.15, 0.2) is 41.6 Å². The van der Waals surface area contributed by atoms with Gasteiger partial charge in [0.1, 0.15) is 4.90 Å². The Morgan fingerprint density at radius 2 is 1.70 bits per heavy atom. The summed E-state index contributed by atoms with van der Waals surface area (Å²) >= 11 is 0. The lowest BCUT2D eigenvalue weighted by atomic mass is 9.97. The van der Waals surface area contributed by atoms with Crippen molar-refractivity contribution in [1.82, 2.24) is 4.57 Å². The first-order valence-electron chi connectivity index (χ1n) is 9.05. The molecule has 1 aromatic carbocycles. The molecule has 1 aromatic heterocycles. The van der Waals surface area contributed by atoms with Crippen LogP contribution in [0.2, 0.25) is 0 Å². The molecule has 1 saturated heterocycles. The summed E-state index contributed by atoms with van der Waals surface area (Å²) < 4.78 is 50.8. The molecule has 2 aromatic rings. The Morgan fingerprint density at radius 1 is 1.13 bits per heavy atom. The van der Waals surface area contributed by atoms with Crippen LogP contribution < -0.4 is 0 Å². The van der Waals surface area contributed by atoms with Gasteiger partial charge in [-0.1, -0.05) is 6.07 Å². The minimum Gasteiger partial charge on any atom is -0.422 e. The highest BCUT2D eigenvalue weighted by atomic mass is 32.2. The fourth-order valence-corrected chi connectivity index (χ4v) is 4.33. The van der Waals surface area contributed by atoms with E-state index in [1.807, 2.05) is 0 Å². The van der Waals surface area contributed by atoms with Crippen LogP contribution in [0.1, 0.15) is 36.2 Å². The van der Waals surface area contributed by atoms with Gasteiger partial charge < -0.3 is 9.47 Å². The number of aromatic nitrogens is 1. The summed E-state index contributed by atoms with van der Waals surface area (Å²) in [6.45, 7) is 2.83. The molecule has 0 bridgehead atoms. The maximum Gasteiger partial charge on any atom is 0.323 e. The number of ether oxygens (including phenoxy) is 2. The molecule has 1 aliphatic heterocycles. The molecule has 10 heteroatoms. The van der Waals surface area contributed by atoms with Gasteiger partial charge in [0.25, 0.3) is 11.7 Å². The molecule has 0 radical (unpaired) electrons. The maximum atomic E-state index is 15.1. The minimum atomic E-state index is -4.06. The molecule has 1 fully saturated rings. The van der Waals surface area contributed by atoms with E-state index >= 15 is 4.39 Å². The fraction of sp³-hybridized carbons (Fsp3) is 0.350. The molecule has 0 N–H and O–H groups in total. The summed E-state index contributed by atoms with van der Waals surface area (Å²) in [5.41, 5.74) is -0.363. The molecule has 2 heterocycles. The quantitative estimate of drug-likeness (QED) is 0.521. The van der Waals surface area contributed by atoms with E-state index in [9.17, 15) is 22.8 Å². The summed E-state index contributed by atoms with van der Waals surface area (Å²) in [5, 5.41) is 0. The normalized spacial score (nSPS) is 16.8. The smallest absolute Gasteiger partial charge is 0.323 e. The maximum absolute atomic E-state index is 15.1. The van der Waals surface area contributed by atoms with Crippen LogP contribution in [0.5, 0.6) is 0 Å². The van der Waals surface area contributed by atoms with Crippen LogP contribution in [0, 0.1) is 11.7 Å². The largest absolute Gasteiger partial charge is 0.422 e. The average molecular weight is 437 g/mol. The standard InChI is InChI=1S/C20H20FNO7S/c1-20(2)28-18(24)14(19(25)29-20)9-7-12-6-8-13(15(21)16(12)30(3,26)27)17(23)22-10-4-5-11-22/h4-6,8,10-11,14H,7,9H2,1-3H3. The lowest BCUT2D eigenvalue weighted by molar-refractivity contribution is -0.240. The van der Waals surface area contributed by atoms with Gasteiger partial charge in [0.2, 0.25) is 0 Å². The molecule has 0 atom stereocenters. The first-order chi connectivity index (χ1) is 13.9. The van der Waals surface area contributed by atoms with Gasteiger partial charge >= 0.3 is 11.9 Å². The van der Waals surface area contributed by atoms with Crippen molar-refractivity contribution in [3.63, 3.8) is 0 Å². The Hall–Kier alpha value is -3.01. The van der Waals surface area contributed by atoms with Crippen LogP contribution in [0.4, 0.5) is 4.39 Å². The average Bonchev–Trinajstić information content (AvgIpc) is 3.13. The van der Waals surface area contributed by atoms with Gasteiger partial charge in [-0.2, -0.15) is 0 Å². The van der Waals surface area contributed by atoms with Crippen molar-refractivity contribution in [3.05, 3.63) is 53.6 Å². The van der Waals surface area contributed by atoms with E-state index in [4.69, 9.17) is 9.47 Å². The molecule has 30 heavy (non-hydrogen) atoms. The van der Waals surface area contributed by atoms with Crippen LogP contribution in [-0.2, 0) is 35.3 Å². The molecule has 0 amide bonds. The molecular formula is C20H20FNO7S. The first kappa shape index (κ1) is 21.7. The van der Waals surface area contributed by atoms with E-state index in [1.54, 1.807) is 12.1 Å². The molecule has 0 unspecified atom stereocenters. The summed E-state index contributed by atoms with van der Waals surface area (Å²) in [4.78, 5) is 36.0. The van der Waals surface area contributed by atoms with Crippen molar-refractivity contribution in [2.75, 3.05) is 6.26 Å². The molecule has 3 rings (SSSR count). The van der Waals surface area contributed by atoms with Crippen LogP contribution in [0.3, 0.4) is 0 Å². The summed E-state index contributed by atoms with van der Waals surface area (Å²) in [6, 6.07) is 5.64. The zero-order chi connectivity index (χ0) is 22.3. The topological polar surface area (TPSA) is 109 Å². The van der Waals surface area contributed by atoms with Crippen molar-refractivity contribution >= 4 is 27.7 Å². The lowest BCUT2D eigenvalue weighted by Gasteiger charge is -2.32. The van der Waals surface area contributed by atoms with Crippen molar-refractivity contribution in [2.24, 2.45) is 5.92 Å². The fourth-order valence-electron chi connectivity index (χ4n) is 3.25. The Balaban J connectivity index is 1.92. The van der Waals surface area contributed by atoms with Gasteiger partial charge in [0, 0.05) is 32.5 Å². The summed E-state index contributed by atoms with van der Waals surface area (Å²) in [5.74, 6) is -6.13. The number of carbonyl (C=O) groups excluding carboxylic acids is 3. The third kappa shape index (κ3) is 4.28. The zero-order valence-electron chi connectivity index (χ0n) is 16.5. The van der Waals surface area contributed by atoms with Crippen LogP contribution >= 0.6 is 0 Å². The summed E-state index contributed by atoms with van der Waals surface area (Å²) in [7, 11) is -4.06. The highest BCUT2D eigenvalue weighted by molar-refractivity contribution is 7.90. The number of rotatable bonds is 5. The van der Waals surface area contributed by atoms with Crippen molar-refractivity contribution < 1.29 is 36.7 Å². The molecule has 0 aliphatic carbocycles. The first-order valence-corrected chi connectivity index (χ1v) is 10.9. The second kappa shape index (κ2) is 7.67. The van der Waals surface area contributed by atoms with E-state index in [0.717, 1.165) is 10.8 Å². The van der Waals surface area contributed by atoms with E-state index in [-0.39, 0.29) is 18.4 Å². The Bertz CT molecular complexity index is 1100. The van der Waals surface area contributed by atoms with Gasteiger partial charge in [-0.15, -0.1) is 0 Å². The number of hydrogen-bond acceptors (Lipinski definition) is 7. The number of halogens is 1. The van der Waals surface area contributed by atoms with E-state index in [0.29, 0.717) is 0 Å². The van der Waals surface area contributed by atoms with Crippen molar-refractivity contribution in [2.45, 2.75) is 37.4 Å². The highest BCUT2D eigenvalue weighted by Crippen LogP contribution is 2.29. The Kier molecular flexibility index (Phi) is 5.55. The third-order valence-corrected chi connectivity index (χ3v) is 5.77. The lowest BCUT2D eigenvalue weighted by Crippen LogP contribution is -2.46. The monoisotopic (exact) mass is 437 g/mol. The number of benzene rings is 1. The number of carbonyl (C=O) groups is 3. The second-order valence-corrected chi connectivity index (χ2v) is 9.37. The second-order valence-electron chi connectivity index (χ2n) is 7.42. The molecule has 0 spiro atoms. The van der Waals surface area contributed by atoms with Gasteiger partial charge in [0.05, 0.1) is 5.56 Å². The van der Waals surface area contributed by atoms with Gasteiger partial charge in [-0.25, -0.2) is 12.8 Å². The number of esters is 2. The van der Waals surface area contributed by atoms with E-state index in [1.165, 1.54) is 38.4 Å².